The first-order valence-electron chi connectivity index (χ1n) is 19.1. The van der Waals surface area contributed by atoms with Crippen LogP contribution in [0.5, 0.6) is 5.75 Å². The molecule has 4 N–H and O–H groups in total. The number of carbonyl (C=O) groups excluding carboxylic acids is 3. The lowest BCUT2D eigenvalue weighted by Crippen LogP contribution is -2.64. The number of aliphatic carboxylic acids is 2. The van der Waals surface area contributed by atoms with E-state index in [1.165, 1.54) is 30.4 Å². The Bertz CT molecular complexity index is 1740. The summed E-state index contributed by atoms with van der Waals surface area (Å²) < 4.78 is 6.23. The molecule has 10 heteroatoms. The van der Waals surface area contributed by atoms with Crippen LogP contribution in [-0.2, 0) is 28.7 Å². The SMILES string of the molecule is CC1(C)CCCCC[C@]2(COC(=O)/C=C/c3cc(O)ccc3NC(=O)/C=C/C(=O)O)C(=CCC3[C@@]4(C)CCC(=O)C(C)(C)C4CC[C@]32C)C(C(=O)O)C1. The first kappa shape index (κ1) is 40.0. The number of nitrogens with one attached hydrogen (secondary N) is 1. The number of carboxylic acids is 2. The average Bonchev–Trinajstić information content (AvgIpc) is 3.07. The zero-order chi connectivity index (χ0) is 39.0. The second-order valence-electron chi connectivity index (χ2n) is 17.9. The van der Waals surface area contributed by atoms with E-state index in [1.807, 2.05) is 0 Å². The molecule has 3 fully saturated rings. The summed E-state index contributed by atoms with van der Waals surface area (Å²) >= 11 is 0. The van der Waals surface area contributed by atoms with Crippen LogP contribution in [0.15, 0.2) is 48.1 Å². The number of esters is 1. The second kappa shape index (κ2) is 14.9. The maximum atomic E-state index is 13.7. The van der Waals surface area contributed by atoms with Crippen LogP contribution in [0.2, 0.25) is 0 Å². The van der Waals surface area contributed by atoms with Crippen LogP contribution in [0.4, 0.5) is 5.69 Å². The summed E-state index contributed by atoms with van der Waals surface area (Å²) in [6.07, 6.45) is 15.0. The van der Waals surface area contributed by atoms with Crippen LogP contribution in [0.1, 0.15) is 118 Å². The first-order chi connectivity index (χ1) is 24.8. The van der Waals surface area contributed by atoms with Gasteiger partial charge in [0, 0.05) is 46.7 Å². The minimum Gasteiger partial charge on any atom is -0.508 e. The number of carboxylic acid groups (broad SMARTS) is 2. The number of hydrogen-bond donors (Lipinski definition) is 4. The van der Waals surface area contributed by atoms with Gasteiger partial charge in [0.1, 0.15) is 18.1 Å². The van der Waals surface area contributed by atoms with Gasteiger partial charge in [-0.25, -0.2) is 9.59 Å². The van der Waals surface area contributed by atoms with Gasteiger partial charge in [-0.05, 0) is 103 Å². The van der Waals surface area contributed by atoms with Crippen LogP contribution < -0.4 is 5.32 Å². The lowest BCUT2D eigenvalue weighted by Gasteiger charge is -2.68. The van der Waals surface area contributed by atoms with E-state index >= 15 is 0 Å². The molecule has 288 valence electrons. The third-order valence-electron chi connectivity index (χ3n) is 13.9. The number of fused-ring (bicyclic) bond motifs is 5. The molecule has 0 aliphatic heterocycles. The molecule has 6 atom stereocenters. The van der Waals surface area contributed by atoms with Gasteiger partial charge in [-0.15, -0.1) is 0 Å². The van der Waals surface area contributed by atoms with E-state index in [-0.39, 0.29) is 40.7 Å². The molecule has 0 saturated heterocycles. The van der Waals surface area contributed by atoms with Crippen LogP contribution in [0.3, 0.4) is 0 Å². The molecule has 1 aromatic carbocycles. The molecule has 5 rings (SSSR count). The van der Waals surface area contributed by atoms with Crippen LogP contribution in [0, 0.1) is 44.8 Å². The number of ether oxygens (including phenoxy) is 1. The number of phenols is 1. The number of rotatable bonds is 8. The highest BCUT2D eigenvalue weighted by molar-refractivity contribution is 6.03. The van der Waals surface area contributed by atoms with E-state index < -0.39 is 46.0 Å². The van der Waals surface area contributed by atoms with E-state index in [1.54, 1.807) is 0 Å². The summed E-state index contributed by atoms with van der Waals surface area (Å²) in [6.45, 7) is 13.1. The molecule has 4 aliphatic rings. The molecule has 0 aromatic heterocycles. The van der Waals surface area contributed by atoms with Crippen molar-refractivity contribution in [3.8, 4) is 5.75 Å². The average molecular weight is 732 g/mol. The summed E-state index contributed by atoms with van der Waals surface area (Å²) in [6, 6.07) is 4.16. The van der Waals surface area contributed by atoms with Gasteiger partial charge in [0.25, 0.3) is 0 Å². The third-order valence-corrected chi connectivity index (χ3v) is 13.9. The standard InChI is InChI=1S/C43H57NO9/c1-39(2)20-8-7-9-21-43(26-53-37(50)17-10-27-24-28(45)11-13-31(27)44-35(47)15-16-36(48)49)30(29(25-39)38(51)52)12-14-33-41(5)22-19-34(46)40(3,4)32(41)18-23-42(33,43)6/h10-13,15-17,24,29,32-33,45H,7-9,14,18-23,25-26H2,1-6H3,(H,44,47)(H,48,49)(H,51,52)/b16-15+,17-10+/t29?,32?,33?,41-,42+,43-/m0/s1. The van der Waals surface area contributed by atoms with E-state index in [9.17, 15) is 34.2 Å². The van der Waals surface area contributed by atoms with Gasteiger partial charge >= 0.3 is 17.9 Å². The monoisotopic (exact) mass is 731 g/mol. The number of benzene rings is 1. The van der Waals surface area contributed by atoms with Gasteiger partial charge in [0.2, 0.25) is 5.91 Å². The zero-order valence-corrected chi connectivity index (χ0v) is 32.1. The highest BCUT2D eigenvalue weighted by Crippen LogP contribution is 2.72. The van der Waals surface area contributed by atoms with Gasteiger partial charge in [-0.1, -0.05) is 66.9 Å². The smallest absolute Gasteiger partial charge is 0.330 e. The fourth-order valence-electron chi connectivity index (χ4n) is 11.2. The van der Waals surface area contributed by atoms with Crippen molar-refractivity contribution in [2.75, 3.05) is 11.9 Å². The van der Waals surface area contributed by atoms with E-state index in [4.69, 9.17) is 9.84 Å². The third kappa shape index (κ3) is 7.74. The molecular formula is C43H57NO9. The van der Waals surface area contributed by atoms with Gasteiger partial charge in [-0.3, -0.25) is 14.4 Å². The highest BCUT2D eigenvalue weighted by Gasteiger charge is 2.67. The molecule has 0 heterocycles. The Morgan fingerprint density at radius 3 is 2.32 bits per heavy atom. The van der Waals surface area contributed by atoms with Crippen LogP contribution in [-0.4, -0.2) is 51.5 Å². The Morgan fingerprint density at radius 2 is 1.62 bits per heavy atom. The molecule has 3 saturated carbocycles. The zero-order valence-electron chi connectivity index (χ0n) is 32.1. The second-order valence-corrected chi connectivity index (χ2v) is 17.9. The largest absolute Gasteiger partial charge is 0.508 e. The number of allylic oxidation sites excluding steroid dienone is 1. The lowest BCUT2D eigenvalue weighted by atomic mass is 9.35. The summed E-state index contributed by atoms with van der Waals surface area (Å²) in [7, 11) is 0. The van der Waals surface area contributed by atoms with E-state index in [0.29, 0.717) is 36.7 Å². The van der Waals surface area contributed by atoms with Gasteiger partial charge in [0.15, 0.2) is 0 Å². The van der Waals surface area contributed by atoms with Crippen molar-refractivity contribution < 1.29 is 44.0 Å². The fraction of sp³-hybridized carbons (Fsp3) is 0.605. The number of Topliss-reactive ketones (excluding diaryl/α,β-unsaturated/α-hetero) is 1. The number of phenolic OH excluding ortho intramolecular Hbond substituents is 1. The van der Waals surface area contributed by atoms with Crippen LogP contribution in [0.25, 0.3) is 6.08 Å². The topological polar surface area (TPSA) is 167 Å². The first-order valence-corrected chi connectivity index (χ1v) is 19.1. The normalized spacial score (nSPS) is 32.5. The summed E-state index contributed by atoms with van der Waals surface area (Å²) in [5.74, 6) is -3.67. The van der Waals surface area contributed by atoms with Gasteiger partial charge in [-0.2, -0.15) is 0 Å². The number of hydrogen-bond acceptors (Lipinski definition) is 7. The maximum Gasteiger partial charge on any atom is 0.330 e. The molecule has 3 unspecified atom stereocenters. The van der Waals surface area contributed by atoms with Crippen LogP contribution >= 0.6 is 0 Å². The maximum absolute atomic E-state index is 13.7. The lowest BCUT2D eigenvalue weighted by molar-refractivity contribution is -0.190. The molecule has 10 nitrogen and oxygen atoms in total. The molecule has 1 aromatic rings. The molecule has 0 spiro atoms. The summed E-state index contributed by atoms with van der Waals surface area (Å²) in [5.41, 5.74) is -0.556. The number of anilines is 1. The quantitative estimate of drug-likeness (QED) is 0.0889. The Hall–Kier alpha value is -4.21. The number of aromatic hydroxyl groups is 1. The highest BCUT2D eigenvalue weighted by atomic mass is 16.5. The van der Waals surface area contributed by atoms with Crippen molar-refractivity contribution in [1.29, 1.82) is 0 Å². The van der Waals surface area contributed by atoms with E-state index in [2.05, 4.69) is 52.9 Å². The number of ketones is 1. The summed E-state index contributed by atoms with van der Waals surface area (Å²) in [4.78, 5) is 63.4. The molecule has 0 bridgehead atoms. The van der Waals surface area contributed by atoms with Crippen molar-refractivity contribution in [2.45, 2.75) is 112 Å². The van der Waals surface area contributed by atoms with Crippen molar-refractivity contribution in [3.63, 3.8) is 0 Å². The molecular weight excluding hydrogens is 674 g/mol. The minimum absolute atomic E-state index is 0.00585. The van der Waals surface area contributed by atoms with Gasteiger partial charge in [0.05, 0.1) is 5.92 Å². The van der Waals surface area contributed by atoms with Crippen molar-refractivity contribution >= 4 is 41.4 Å². The molecule has 53 heavy (non-hydrogen) atoms. The summed E-state index contributed by atoms with van der Waals surface area (Å²) in [5, 5.41) is 32.5. The number of carbonyl (C=O) groups is 5. The Balaban J connectivity index is 1.54. The van der Waals surface area contributed by atoms with Crippen molar-refractivity contribution in [3.05, 3.63) is 53.6 Å². The fourth-order valence-corrected chi connectivity index (χ4v) is 11.2. The van der Waals surface area contributed by atoms with Crippen molar-refractivity contribution in [2.24, 2.45) is 44.8 Å². The van der Waals surface area contributed by atoms with Crippen molar-refractivity contribution in [1.82, 2.24) is 0 Å². The minimum atomic E-state index is -1.28. The Morgan fingerprint density at radius 1 is 0.906 bits per heavy atom. The Kier molecular flexibility index (Phi) is 11.2. The molecule has 4 aliphatic carbocycles. The number of amides is 1. The Labute approximate surface area is 313 Å². The predicted octanol–water partition coefficient (Wildman–Crippen LogP) is 8.35. The van der Waals surface area contributed by atoms with E-state index in [0.717, 1.165) is 63.0 Å². The molecule has 1 amide bonds. The predicted molar refractivity (Wildman–Crippen MR) is 202 cm³/mol. The van der Waals surface area contributed by atoms with Gasteiger partial charge < -0.3 is 25.4 Å². The molecule has 0 radical (unpaired) electrons.